The first kappa shape index (κ1) is 9.67. The maximum atomic E-state index is 6.58. The highest BCUT2D eigenvalue weighted by Gasteiger charge is 2.71. The van der Waals surface area contributed by atoms with Gasteiger partial charge in [0.25, 0.3) is 0 Å². The van der Waals surface area contributed by atoms with Crippen LogP contribution in [0.25, 0.3) is 0 Å². The lowest BCUT2D eigenvalue weighted by molar-refractivity contribution is 0.0598. The van der Waals surface area contributed by atoms with E-state index in [1.165, 1.54) is 12.8 Å². The summed E-state index contributed by atoms with van der Waals surface area (Å²) in [4.78, 5) is 0. The molecule has 0 aliphatic heterocycles. The van der Waals surface area contributed by atoms with Gasteiger partial charge in [-0.2, -0.15) is 0 Å². The van der Waals surface area contributed by atoms with Gasteiger partial charge in [-0.3, -0.25) is 0 Å². The van der Waals surface area contributed by atoms with Crippen molar-refractivity contribution in [3.05, 3.63) is 12.2 Å². The molecule has 88 valence electrons. The number of rotatable bonds is 0. The molecule has 0 radical (unpaired) electrons. The van der Waals surface area contributed by atoms with E-state index in [0.717, 1.165) is 23.7 Å². The predicted octanol–water partition coefficient (Wildman–Crippen LogP) is 1.51. The van der Waals surface area contributed by atoms with E-state index in [-0.39, 0.29) is 11.1 Å². The standard InChI is InChI=1S/C14H22N2/c1-13(15)9-6-10(14(13,2)16)12-8-4-3-7(5-8)11(9)12/h3-4,7-12H,5-6,15-16H2,1-2H3. The summed E-state index contributed by atoms with van der Waals surface area (Å²) in [6.45, 7) is 4.40. The SMILES string of the molecule is CC1(N)C2CC(C3C4C=CC(C4)C32)C1(C)N. The summed E-state index contributed by atoms with van der Waals surface area (Å²) in [6, 6.07) is 0. The predicted molar refractivity (Wildman–Crippen MR) is 64.5 cm³/mol. The summed E-state index contributed by atoms with van der Waals surface area (Å²) >= 11 is 0. The summed E-state index contributed by atoms with van der Waals surface area (Å²) in [5, 5.41) is 0. The Morgan fingerprint density at radius 1 is 0.875 bits per heavy atom. The van der Waals surface area contributed by atoms with Crippen molar-refractivity contribution in [1.29, 1.82) is 0 Å². The van der Waals surface area contributed by atoms with Crippen molar-refractivity contribution in [1.82, 2.24) is 0 Å². The zero-order valence-corrected chi connectivity index (χ0v) is 10.2. The second kappa shape index (κ2) is 2.41. The molecule has 4 aliphatic carbocycles. The molecule has 3 saturated carbocycles. The summed E-state index contributed by atoms with van der Waals surface area (Å²) in [7, 11) is 0. The first-order chi connectivity index (χ1) is 7.44. The molecule has 0 aromatic carbocycles. The molecular formula is C14H22N2. The zero-order chi connectivity index (χ0) is 11.3. The zero-order valence-electron chi connectivity index (χ0n) is 10.2. The van der Waals surface area contributed by atoms with Gasteiger partial charge < -0.3 is 11.5 Å². The van der Waals surface area contributed by atoms with Crippen LogP contribution in [0, 0.1) is 35.5 Å². The van der Waals surface area contributed by atoms with Crippen LogP contribution in [0.4, 0.5) is 0 Å². The Morgan fingerprint density at radius 3 is 1.75 bits per heavy atom. The van der Waals surface area contributed by atoms with Crippen LogP contribution in [-0.2, 0) is 0 Å². The fourth-order valence-electron chi connectivity index (χ4n) is 5.71. The van der Waals surface area contributed by atoms with E-state index < -0.39 is 0 Å². The number of hydrogen-bond donors (Lipinski definition) is 2. The van der Waals surface area contributed by atoms with Crippen molar-refractivity contribution in [2.75, 3.05) is 0 Å². The molecule has 4 N–H and O–H groups in total. The molecule has 0 aromatic heterocycles. The Kier molecular flexibility index (Phi) is 1.46. The topological polar surface area (TPSA) is 52.0 Å². The van der Waals surface area contributed by atoms with Crippen molar-refractivity contribution < 1.29 is 0 Å². The average molecular weight is 218 g/mol. The normalized spacial score (nSPS) is 70.2. The first-order valence-corrected chi connectivity index (χ1v) is 6.70. The minimum atomic E-state index is -0.156. The van der Waals surface area contributed by atoms with Crippen molar-refractivity contribution >= 4 is 0 Å². The van der Waals surface area contributed by atoms with Crippen molar-refractivity contribution in [3.63, 3.8) is 0 Å². The van der Waals surface area contributed by atoms with Crippen LogP contribution < -0.4 is 11.5 Å². The summed E-state index contributed by atoms with van der Waals surface area (Å²) in [6.07, 6.45) is 7.57. The van der Waals surface area contributed by atoms with E-state index in [4.69, 9.17) is 11.5 Å². The van der Waals surface area contributed by atoms with Gasteiger partial charge in [0.2, 0.25) is 0 Å². The number of hydrogen-bond acceptors (Lipinski definition) is 2. The molecule has 4 rings (SSSR count). The molecule has 0 spiro atoms. The van der Waals surface area contributed by atoms with Gasteiger partial charge in [-0.25, -0.2) is 0 Å². The van der Waals surface area contributed by atoms with Gasteiger partial charge in [-0.1, -0.05) is 12.2 Å². The molecular weight excluding hydrogens is 196 g/mol. The molecule has 4 aliphatic rings. The van der Waals surface area contributed by atoms with Crippen LogP contribution in [0.3, 0.4) is 0 Å². The smallest absolute Gasteiger partial charge is 0.0340 e. The fourth-order valence-corrected chi connectivity index (χ4v) is 5.71. The van der Waals surface area contributed by atoms with E-state index in [9.17, 15) is 0 Å². The Balaban J connectivity index is 1.83. The molecule has 8 atom stereocenters. The highest BCUT2D eigenvalue weighted by Crippen LogP contribution is 2.69. The Hall–Kier alpha value is -0.340. The van der Waals surface area contributed by atoms with Crippen molar-refractivity contribution in [2.24, 2.45) is 47.0 Å². The molecule has 3 fully saturated rings. The lowest BCUT2D eigenvalue weighted by Gasteiger charge is -2.51. The summed E-state index contributed by atoms with van der Waals surface area (Å²) in [5.41, 5.74) is 12.8. The molecule has 16 heavy (non-hydrogen) atoms. The molecule has 0 saturated heterocycles. The van der Waals surface area contributed by atoms with Crippen LogP contribution in [-0.4, -0.2) is 11.1 Å². The highest BCUT2D eigenvalue weighted by molar-refractivity contribution is 5.30. The number of fused-ring (bicyclic) bond motifs is 9. The van der Waals surface area contributed by atoms with Gasteiger partial charge >= 0.3 is 0 Å². The highest BCUT2D eigenvalue weighted by atomic mass is 15.0. The molecule has 0 aromatic rings. The van der Waals surface area contributed by atoms with Crippen molar-refractivity contribution in [3.8, 4) is 0 Å². The molecule has 2 nitrogen and oxygen atoms in total. The lowest BCUT2D eigenvalue weighted by Crippen LogP contribution is -2.69. The molecule has 0 amide bonds. The monoisotopic (exact) mass is 218 g/mol. The maximum absolute atomic E-state index is 6.58. The van der Waals surface area contributed by atoms with Gasteiger partial charge in [0.15, 0.2) is 0 Å². The Bertz CT molecular complexity index is 348. The van der Waals surface area contributed by atoms with E-state index in [1.54, 1.807) is 0 Å². The van der Waals surface area contributed by atoms with Crippen LogP contribution in [0.1, 0.15) is 26.7 Å². The Morgan fingerprint density at radius 2 is 1.31 bits per heavy atom. The van der Waals surface area contributed by atoms with E-state index in [2.05, 4.69) is 26.0 Å². The molecule has 8 unspecified atom stereocenters. The van der Waals surface area contributed by atoms with Gasteiger partial charge in [0.05, 0.1) is 0 Å². The van der Waals surface area contributed by atoms with Crippen LogP contribution in [0.5, 0.6) is 0 Å². The number of allylic oxidation sites excluding steroid dienone is 2. The van der Waals surface area contributed by atoms with Gasteiger partial charge in [-0.15, -0.1) is 0 Å². The average Bonchev–Trinajstić information content (AvgIpc) is 2.89. The molecule has 4 bridgehead atoms. The van der Waals surface area contributed by atoms with Crippen LogP contribution >= 0.6 is 0 Å². The van der Waals surface area contributed by atoms with Crippen molar-refractivity contribution in [2.45, 2.75) is 37.8 Å². The second-order valence-corrected chi connectivity index (χ2v) is 7.12. The van der Waals surface area contributed by atoms with Gasteiger partial charge in [-0.05, 0) is 62.2 Å². The van der Waals surface area contributed by atoms with E-state index in [0.29, 0.717) is 11.8 Å². The summed E-state index contributed by atoms with van der Waals surface area (Å²) in [5.74, 6) is 4.68. The van der Waals surface area contributed by atoms with E-state index >= 15 is 0 Å². The maximum Gasteiger partial charge on any atom is 0.0340 e. The van der Waals surface area contributed by atoms with Crippen LogP contribution in [0.2, 0.25) is 0 Å². The Labute approximate surface area is 97.5 Å². The third-order valence-electron chi connectivity index (χ3n) is 6.72. The third-order valence-corrected chi connectivity index (χ3v) is 6.72. The lowest BCUT2D eigenvalue weighted by atomic mass is 9.59. The summed E-state index contributed by atoms with van der Waals surface area (Å²) < 4.78 is 0. The molecule has 2 heteroatoms. The number of nitrogens with two attached hydrogens (primary N) is 2. The van der Waals surface area contributed by atoms with Gasteiger partial charge in [0.1, 0.15) is 0 Å². The first-order valence-electron chi connectivity index (χ1n) is 6.70. The largest absolute Gasteiger partial charge is 0.324 e. The van der Waals surface area contributed by atoms with Crippen LogP contribution in [0.15, 0.2) is 12.2 Å². The van der Waals surface area contributed by atoms with E-state index in [1.807, 2.05) is 0 Å². The minimum Gasteiger partial charge on any atom is -0.324 e. The fraction of sp³-hybridized carbons (Fsp3) is 0.857. The molecule has 0 heterocycles. The minimum absolute atomic E-state index is 0.156. The second-order valence-electron chi connectivity index (χ2n) is 7.12. The third kappa shape index (κ3) is 0.760. The van der Waals surface area contributed by atoms with Gasteiger partial charge in [0, 0.05) is 11.1 Å². The quantitative estimate of drug-likeness (QED) is 0.478.